The van der Waals surface area contributed by atoms with E-state index < -0.39 is 0 Å². The maximum atomic E-state index is 5.92. The normalized spacial score (nSPS) is 10.7. The lowest BCUT2D eigenvalue weighted by Gasteiger charge is -2.04. The van der Waals surface area contributed by atoms with Gasteiger partial charge in [0.2, 0.25) is 5.88 Å². The van der Waals surface area contributed by atoms with Crippen LogP contribution < -0.4 is 5.73 Å². The lowest BCUT2D eigenvalue weighted by atomic mass is 10.00. The molecule has 0 radical (unpaired) electrons. The molecule has 0 aliphatic rings. The second kappa shape index (κ2) is 4.31. The van der Waals surface area contributed by atoms with Crippen molar-refractivity contribution in [3.05, 3.63) is 47.3 Å². The summed E-state index contributed by atoms with van der Waals surface area (Å²) in [6, 6.07) is 12.1. The molecule has 0 spiro atoms. The molecule has 1 aromatic carbocycles. The van der Waals surface area contributed by atoms with Gasteiger partial charge in [0.25, 0.3) is 0 Å². The van der Waals surface area contributed by atoms with Crippen LogP contribution in [-0.4, -0.2) is 5.16 Å². The minimum absolute atomic E-state index is 0.368. The molecule has 4 heteroatoms. The number of benzene rings is 1. The Bertz CT molecular complexity index is 671. The fourth-order valence-electron chi connectivity index (χ4n) is 2.00. The average Bonchev–Trinajstić information content (AvgIpc) is 2.99. The summed E-state index contributed by atoms with van der Waals surface area (Å²) in [5, 5.41) is 6.10. The Hall–Kier alpha value is -2.07. The van der Waals surface area contributed by atoms with Crippen LogP contribution in [0.5, 0.6) is 0 Å². The van der Waals surface area contributed by atoms with Crippen molar-refractivity contribution in [2.75, 3.05) is 5.73 Å². The summed E-state index contributed by atoms with van der Waals surface area (Å²) in [7, 11) is 0. The third kappa shape index (κ3) is 1.71. The zero-order valence-corrected chi connectivity index (χ0v) is 10.7. The molecule has 18 heavy (non-hydrogen) atoms. The first-order chi connectivity index (χ1) is 8.77. The van der Waals surface area contributed by atoms with Crippen LogP contribution in [0, 0.1) is 6.92 Å². The zero-order valence-electron chi connectivity index (χ0n) is 9.88. The fraction of sp³-hybridized carbons (Fsp3) is 0.0714. The van der Waals surface area contributed by atoms with Gasteiger partial charge >= 0.3 is 0 Å². The number of aromatic nitrogens is 1. The minimum Gasteiger partial charge on any atom is -0.367 e. The lowest BCUT2D eigenvalue weighted by Crippen LogP contribution is -1.89. The highest BCUT2D eigenvalue weighted by Gasteiger charge is 2.19. The van der Waals surface area contributed by atoms with Crippen LogP contribution in [0.15, 0.2) is 46.3 Å². The molecule has 2 N–H and O–H groups in total. The fourth-order valence-corrected chi connectivity index (χ4v) is 2.71. The van der Waals surface area contributed by atoms with Gasteiger partial charge in [-0.3, -0.25) is 0 Å². The maximum Gasteiger partial charge on any atom is 0.230 e. The van der Waals surface area contributed by atoms with Gasteiger partial charge < -0.3 is 10.3 Å². The summed E-state index contributed by atoms with van der Waals surface area (Å²) in [6.45, 7) is 2.06. The molecule has 3 rings (SSSR count). The van der Waals surface area contributed by atoms with Crippen molar-refractivity contribution in [1.29, 1.82) is 0 Å². The van der Waals surface area contributed by atoms with Crippen LogP contribution in [0.4, 0.5) is 5.88 Å². The van der Waals surface area contributed by atoms with Crippen molar-refractivity contribution < 1.29 is 4.52 Å². The predicted octanol–water partition coefficient (Wildman–Crippen LogP) is 3.96. The van der Waals surface area contributed by atoms with Crippen LogP contribution in [0.25, 0.3) is 21.7 Å². The van der Waals surface area contributed by atoms with E-state index in [0.717, 1.165) is 27.3 Å². The Balaban J connectivity index is 2.24. The quantitative estimate of drug-likeness (QED) is 0.755. The van der Waals surface area contributed by atoms with Crippen LogP contribution in [0.1, 0.15) is 5.56 Å². The first-order valence-electron chi connectivity index (χ1n) is 5.62. The molecule has 2 heterocycles. The number of nitrogen functional groups attached to an aromatic ring is 1. The standard InChI is InChI=1S/C14H12N2OS/c1-9-5-2-3-6-10(9)12-13(16-17-14(12)15)11-7-4-8-18-11/h2-8H,15H2,1H3. The molecule has 0 unspecified atom stereocenters. The highest BCUT2D eigenvalue weighted by atomic mass is 32.1. The van der Waals surface area contributed by atoms with Gasteiger partial charge in [-0.05, 0) is 29.5 Å². The molecule has 0 saturated carbocycles. The second-order valence-electron chi connectivity index (χ2n) is 4.06. The molecule has 0 fully saturated rings. The first kappa shape index (κ1) is 11.0. The third-order valence-corrected chi connectivity index (χ3v) is 3.76. The molecule has 0 saturated heterocycles. The number of nitrogens with two attached hydrogens (primary N) is 1. The van der Waals surface area contributed by atoms with Crippen LogP contribution in [0.2, 0.25) is 0 Å². The van der Waals surface area contributed by atoms with Crippen molar-refractivity contribution in [1.82, 2.24) is 5.16 Å². The van der Waals surface area contributed by atoms with E-state index in [1.807, 2.05) is 35.7 Å². The molecular weight excluding hydrogens is 244 g/mol. The van der Waals surface area contributed by atoms with Crippen molar-refractivity contribution in [3.63, 3.8) is 0 Å². The third-order valence-electron chi connectivity index (χ3n) is 2.89. The number of rotatable bonds is 2. The van der Waals surface area contributed by atoms with E-state index in [1.54, 1.807) is 11.3 Å². The van der Waals surface area contributed by atoms with E-state index in [9.17, 15) is 0 Å². The Morgan fingerprint density at radius 3 is 2.72 bits per heavy atom. The summed E-state index contributed by atoms with van der Waals surface area (Å²) in [5.41, 5.74) is 9.85. The van der Waals surface area contributed by atoms with Gasteiger partial charge in [0.1, 0.15) is 5.69 Å². The van der Waals surface area contributed by atoms with E-state index >= 15 is 0 Å². The van der Waals surface area contributed by atoms with E-state index in [-0.39, 0.29) is 0 Å². The maximum absolute atomic E-state index is 5.92. The summed E-state index contributed by atoms with van der Waals surface area (Å²) >= 11 is 1.63. The van der Waals surface area contributed by atoms with Gasteiger partial charge in [-0.2, -0.15) is 0 Å². The Morgan fingerprint density at radius 2 is 2.00 bits per heavy atom. The summed E-state index contributed by atoms with van der Waals surface area (Å²) < 4.78 is 5.16. The number of nitrogens with zero attached hydrogens (tertiary/aromatic N) is 1. The molecule has 90 valence electrons. The largest absolute Gasteiger partial charge is 0.367 e. The van der Waals surface area contributed by atoms with Gasteiger partial charge in [0.05, 0.1) is 10.4 Å². The number of anilines is 1. The number of aryl methyl sites for hydroxylation is 1. The Kier molecular flexibility index (Phi) is 2.64. The summed E-state index contributed by atoms with van der Waals surface area (Å²) in [4.78, 5) is 1.06. The van der Waals surface area contributed by atoms with Crippen LogP contribution >= 0.6 is 11.3 Å². The molecule has 3 aromatic rings. The number of hydrogen-bond donors (Lipinski definition) is 1. The molecule has 0 aliphatic heterocycles. The van der Waals surface area contributed by atoms with Crippen LogP contribution in [0.3, 0.4) is 0 Å². The first-order valence-corrected chi connectivity index (χ1v) is 6.50. The second-order valence-corrected chi connectivity index (χ2v) is 5.01. The predicted molar refractivity (Wildman–Crippen MR) is 74.4 cm³/mol. The minimum atomic E-state index is 0.368. The van der Waals surface area contributed by atoms with Crippen molar-refractivity contribution in [3.8, 4) is 21.7 Å². The molecular formula is C14H12N2OS. The molecule has 3 nitrogen and oxygen atoms in total. The number of hydrogen-bond acceptors (Lipinski definition) is 4. The topological polar surface area (TPSA) is 52.0 Å². The van der Waals surface area contributed by atoms with Crippen molar-refractivity contribution in [2.24, 2.45) is 0 Å². The van der Waals surface area contributed by atoms with E-state index in [4.69, 9.17) is 10.3 Å². The van der Waals surface area contributed by atoms with Gasteiger partial charge in [0, 0.05) is 0 Å². The highest BCUT2D eigenvalue weighted by molar-refractivity contribution is 7.13. The van der Waals surface area contributed by atoms with Gasteiger partial charge in [-0.1, -0.05) is 35.5 Å². The summed E-state index contributed by atoms with van der Waals surface area (Å²) in [6.07, 6.45) is 0. The highest BCUT2D eigenvalue weighted by Crippen LogP contribution is 2.39. The van der Waals surface area contributed by atoms with E-state index in [0.29, 0.717) is 5.88 Å². The van der Waals surface area contributed by atoms with Crippen LogP contribution in [-0.2, 0) is 0 Å². The zero-order chi connectivity index (χ0) is 12.5. The van der Waals surface area contributed by atoms with Crippen molar-refractivity contribution >= 4 is 17.2 Å². The lowest BCUT2D eigenvalue weighted by molar-refractivity contribution is 0.439. The molecule has 0 aliphatic carbocycles. The Labute approximate surface area is 109 Å². The average molecular weight is 256 g/mol. The summed E-state index contributed by atoms with van der Waals surface area (Å²) in [5.74, 6) is 0.368. The van der Waals surface area contributed by atoms with Gasteiger partial charge in [-0.25, -0.2) is 0 Å². The van der Waals surface area contributed by atoms with E-state index in [2.05, 4.69) is 18.1 Å². The Morgan fingerprint density at radius 1 is 1.17 bits per heavy atom. The molecule has 2 aromatic heterocycles. The molecule has 0 amide bonds. The van der Waals surface area contributed by atoms with E-state index in [1.165, 1.54) is 0 Å². The SMILES string of the molecule is Cc1ccccc1-c1c(-c2cccs2)noc1N. The smallest absolute Gasteiger partial charge is 0.230 e. The monoisotopic (exact) mass is 256 g/mol. The number of thiophene rings is 1. The van der Waals surface area contributed by atoms with Gasteiger partial charge in [-0.15, -0.1) is 11.3 Å². The van der Waals surface area contributed by atoms with Crippen molar-refractivity contribution in [2.45, 2.75) is 6.92 Å². The molecule has 0 bridgehead atoms. The molecule has 0 atom stereocenters. The van der Waals surface area contributed by atoms with Gasteiger partial charge in [0.15, 0.2) is 0 Å².